The Morgan fingerprint density at radius 1 is 1.73 bits per heavy atom. The van der Waals surface area contributed by atoms with Crippen molar-refractivity contribution in [3.05, 3.63) is 0 Å². The molecule has 1 atom stereocenters. The Hall–Kier alpha value is -0.570. The first-order chi connectivity index (χ1) is 5.24. The number of nitrogens with two attached hydrogens (primary N) is 1. The van der Waals surface area contributed by atoms with Crippen LogP contribution in [-0.2, 0) is 4.79 Å². The van der Waals surface area contributed by atoms with E-state index in [-0.39, 0.29) is 11.9 Å². The molecule has 1 amide bonds. The smallest absolute Gasteiger partial charge is 0.224 e. The summed E-state index contributed by atoms with van der Waals surface area (Å²) in [5.41, 5.74) is 5.62. The van der Waals surface area contributed by atoms with Crippen molar-refractivity contribution in [3.63, 3.8) is 0 Å². The van der Waals surface area contributed by atoms with Crippen molar-refractivity contribution in [2.24, 2.45) is 5.73 Å². The second kappa shape index (κ2) is 3.72. The van der Waals surface area contributed by atoms with Crippen LogP contribution in [-0.4, -0.2) is 29.9 Å². The third kappa shape index (κ3) is 2.19. The summed E-state index contributed by atoms with van der Waals surface area (Å²) in [6.07, 6.45) is 2.78. The minimum atomic E-state index is 0.0827. The number of likely N-dealkylation sites (tertiary alicyclic amines) is 1. The molecule has 11 heavy (non-hydrogen) atoms. The number of nitrogens with zero attached hydrogens (tertiary/aromatic N) is 1. The largest absolute Gasteiger partial charge is 0.341 e. The topological polar surface area (TPSA) is 46.3 Å². The van der Waals surface area contributed by atoms with Crippen LogP contribution in [0.5, 0.6) is 0 Å². The van der Waals surface area contributed by atoms with Crippen LogP contribution in [0, 0.1) is 0 Å². The van der Waals surface area contributed by atoms with Gasteiger partial charge in [0.15, 0.2) is 0 Å². The summed E-state index contributed by atoms with van der Waals surface area (Å²) in [7, 11) is 0. The lowest BCUT2D eigenvalue weighted by atomic mass is 10.3. The van der Waals surface area contributed by atoms with Crippen LogP contribution in [0.2, 0.25) is 0 Å². The van der Waals surface area contributed by atoms with Gasteiger partial charge < -0.3 is 10.6 Å². The lowest BCUT2D eigenvalue weighted by Crippen LogP contribution is -2.29. The highest BCUT2D eigenvalue weighted by Crippen LogP contribution is 2.09. The van der Waals surface area contributed by atoms with Gasteiger partial charge in [0.05, 0.1) is 0 Å². The molecule has 0 aromatic rings. The molecule has 1 rings (SSSR count). The summed E-state index contributed by atoms with van der Waals surface area (Å²) in [5, 5.41) is 0. The molecule has 64 valence electrons. The summed E-state index contributed by atoms with van der Waals surface area (Å²) < 4.78 is 0. The molecule has 0 radical (unpaired) electrons. The number of hydrogen-bond donors (Lipinski definition) is 1. The lowest BCUT2D eigenvalue weighted by Gasteiger charge is -2.14. The van der Waals surface area contributed by atoms with Crippen LogP contribution >= 0.6 is 0 Å². The van der Waals surface area contributed by atoms with Gasteiger partial charge in [0.2, 0.25) is 5.91 Å². The van der Waals surface area contributed by atoms with Gasteiger partial charge in [-0.05, 0) is 6.42 Å². The number of amides is 1. The summed E-state index contributed by atoms with van der Waals surface area (Å²) >= 11 is 0. The van der Waals surface area contributed by atoms with Gasteiger partial charge in [-0.2, -0.15) is 0 Å². The first-order valence-corrected chi connectivity index (χ1v) is 4.27. The Kier molecular flexibility index (Phi) is 2.88. The highest BCUT2D eigenvalue weighted by Gasteiger charge is 2.25. The number of carbonyl (C=O) groups is 1. The molecule has 0 aromatic heterocycles. The SMILES string of the molecule is CCCCN1CC(N)CC1=O. The lowest BCUT2D eigenvalue weighted by molar-refractivity contribution is -0.127. The zero-order valence-corrected chi connectivity index (χ0v) is 7.05. The number of carbonyl (C=O) groups excluding carboxylic acids is 1. The fraction of sp³-hybridized carbons (Fsp3) is 0.875. The van der Waals surface area contributed by atoms with Gasteiger partial charge in [0.1, 0.15) is 0 Å². The molecule has 0 saturated carbocycles. The molecule has 0 spiro atoms. The summed E-state index contributed by atoms with van der Waals surface area (Å²) in [5.74, 6) is 0.228. The van der Waals surface area contributed by atoms with Gasteiger partial charge >= 0.3 is 0 Å². The Morgan fingerprint density at radius 2 is 2.45 bits per heavy atom. The summed E-state index contributed by atoms with van der Waals surface area (Å²) in [4.78, 5) is 13.0. The zero-order chi connectivity index (χ0) is 8.27. The van der Waals surface area contributed by atoms with E-state index in [4.69, 9.17) is 5.73 Å². The van der Waals surface area contributed by atoms with Crippen LogP contribution < -0.4 is 5.73 Å². The fourth-order valence-electron chi connectivity index (χ4n) is 1.37. The Bertz CT molecular complexity index is 147. The number of unbranched alkanes of at least 4 members (excludes halogenated alkanes) is 1. The maximum Gasteiger partial charge on any atom is 0.224 e. The first-order valence-electron chi connectivity index (χ1n) is 4.27. The number of hydrogen-bond acceptors (Lipinski definition) is 2. The number of rotatable bonds is 3. The predicted molar refractivity (Wildman–Crippen MR) is 44.1 cm³/mol. The van der Waals surface area contributed by atoms with Crippen molar-refractivity contribution in [3.8, 4) is 0 Å². The maximum atomic E-state index is 11.1. The van der Waals surface area contributed by atoms with Gasteiger partial charge in [-0.25, -0.2) is 0 Å². The molecular weight excluding hydrogens is 140 g/mol. The highest BCUT2D eigenvalue weighted by atomic mass is 16.2. The molecule has 0 aromatic carbocycles. The van der Waals surface area contributed by atoms with E-state index in [9.17, 15) is 4.79 Å². The summed E-state index contributed by atoms with van der Waals surface area (Å²) in [6, 6.07) is 0.0827. The van der Waals surface area contributed by atoms with Crippen LogP contribution in [0.1, 0.15) is 26.2 Å². The average Bonchev–Trinajstić information content (AvgIpc) is 2.26. The van der Waals surface area contributed by atoms with Crippen LogP contribution in [0.25, 0.3) is 0 Å². The molecule has 1 aliphatic heterocycles. The van der Waals surface area contributed by atoms with E-state index in [0.717, 1.165) is 25.9 Å². The van der Waals surface area contributed by atoms with Crippen molar-refractivity contribution < 1.29 is 4.79 Å². The third-order valence-corrected chi connectivity index (χ3v) is 2.03. The summed E-state index contributed by atoms with van der Waals surface area (Å²) in [6.45, 7) is 3.78. The Labute approximate surface area is 67.5 Å². The first kappa shape index (κ1) is 8.53. The minimum absolute atomic E-state index is 0.0827. The van der Waals surface area contributed by atoms with Crippen molar-refractivity contribution in [2.45, 2.75) is 32.2 Å². The monoisotopic (exact) mass is 156 g/mol. The Balaban J connectivity index is 2.29. The van der Waals surface area contributed by atoms with Crippen molar-refractivity contribution >= 4 is 5.91 Å². The van der Waals surface area contributed by atoms with E-state index in [0.29, 0.717) is 6.42 Å². The standard InChI is InChI=1S/C8H16N2O/c1-2-3-4-10-6-7(9)5-8(10)11/h7H,2-6,9H2,1H3. The maximum absolute atomic E-state index is 11.1. The zero-order valence-electron chi connectivity index (χ0n) is 7.05. The second-order valence-corrected chi connectivity index (χ2v) is 3.16. The van der Waals surface area contributed by atoms with E-state index in [1.807, 2.05) is 4.90 Å². The van der Waals surface area contributed by atoms with Crippen LogP contribution in [0.15, 0.2) is 0 Å². The highest BCUT2D eigenvalue weighted by molar-refractivity contribution is 5.79. The Morgan fingerprint density at radius 3 is 2.91 bits per heavy atom. The van der Waals surface area contributed by atoms with E-state index >= 15 is 0 Å². The van der Waals surface area contributed by atoms with Crippen LogP contribution in [0.3, 0.4) is 0 Å². The molecule has 1 fully saturated rings. The molecule has 3 nitrogen and oxygen atoms in total. The average molecular weight is 156 g/mol. The van der Waals surface area contributed by atoms with Gasteiger partial charge in [-0.15, -0.1) is 0 Å². The van der Waals surface area contributed by atoms with Crippen molar-refractivity contribution in [1.29, 1.82) is 0 Å². The van der Waals surface area contributed by atoms with Gasteiger partial charge in [0, 0.05) is 25.6 Å². The van der Waals surface area contributed by atoms with E-state index in [1.165, 1.54) is 0 Å². The molecule has 1 heterocycles. The molecule has 1 saturated heterocycles. The molecule has 2 N–H and O–H groups in total. The van der Waals surface area contributed by atoms with Gasteiger partial charge in [-0.3, -0.25) is 4.79 Å². The second-order valence-electron chi connectivity index (χ2n) is 3.16. The van der Waals surface area contributed by atoms with E-state index in [1.54, 1.807) is 0 Å². The third-order valence-electron chi connectivity index (χ3n) is 2.03. The minimum Gasteiger partial charge on any atom is -0.341 e. The quantitative estimate of drug-likeness (QED) is 0.640. The van der Waals surface area contributed by atoms with Gasteiger partial charge in [0.25, 0.3) is 0 Å². The van der Waals surface area contributed by atoms with Gasteiger partial charge in [-0.1, -0.05) is 13.3 Å². The normalized spacial score (nSPS) is 24.7. The predicted octanol–water partition coefficient (Wildman–Crippen LogP) is 0.346. The molecule has 0 aliphatic carbocycles. The molecule has 3 heteroatoms. The van der Waals surface area contributed by atoms with Crippen molar-refractivity contribution in [1.82, 2.24) is 4.90 Å². The van der Waals surface area contributed by atoms with E-state index < -0.39 is 0 Å². The van der Waals surface area contributed by atoms with E-state index in [2.05, 4.69) is 6.92 Å². The molecule has 1 unspecified atom stereocenters. The fourth-order valence-corrected chi connectivity index (χ4v) is 1.37. The molecular formula is C8H16N2O. The molecule has 0 bridgehead atoms. The van der Waals surface area contributed by atoms with Crippen molar-refractivity contribution in [2.75, 3.05) is 13.1 Å². The molecule has 1 aliphatic rings. The van der Waals surface area contributed by atoms with Crippen LogP contribution in [0.4, 0.5) is 0 Å².